The van der Waals surface area contributed by atoms with Crippen LogP contribution in [0.4, 0.5) is 0 Å². The molecule has 4 N–H and O–H groups in total. The second-order valence-corrected chi connectivity index (χ2v) is 6.08. The summed E-state index contributed by atoms with van der Waals surface area (Å²) in [5.74, 6) is 0. The Labute approximate surface area is 139 Å². The van der Waals surface area contributed by atoms with E-state index in [0.717, 1.165) is 13.1 Å². The van der Waals surface area contributed by atoms with Gasteiger partial charge in [-0.1, -0.05) is 20.3 Å². The standard InChI is InChI=1S/C18H42N4/c1-3-5-12-20-14-8-9-16-22-18-11-10-17-21-15-7-6-13-19-4-2/h19-22H,3-18H2,1-2H3. The molecule has 0 spiro atoms. The van der Waals surface area contributed by atoms with Gasteiger partial charge in [0.05, 0.1) is 0 Å². The number of rotatable bonds is 19. The van der Waals surface area contributed by atoms with Gasteiger partial charge in [-0.3, -0.25) is 0 Å². The van der Waals surface area contributed by atoms with Gasteiger partial charge in [0, 0.05) is 0 Å². The van der Waals surface area contributed by atoms with Crippen LogP contribution >= 0.6 is 0 Å². The molecule has 0 saturated heterocycles. The molecule has 0 aliphatic heterocycles. The molecular weight excluding hydrogens is 272 g/mol. The Hall–Kier alpha value is -0.160. The van der Waals surface area contributed by atoms with Crippen molar-refractivity contribution in [1.82, 2.24) is 21.3 Å². The van der Waals surface area contributed by atoms with Crippen molar-refractivity contribution in [1.29, 1.82) is 0 Å². The summed E-state index contributed by atoms with van der Waals surface area (Å²) in [7, 11) is 0. The molecule has 22 heavy (non-hydrogen) atoms. The van der Waals surface area contributed by atoms with Crippen molar-refractivity contribution in [3.63, 3.8) is 0 Å². The maximum Gasteiger partial charge on any atom is -0.00484 e. The van der Waals surface area contributed by atoms with E-state index in [2.05, 4.69) is 35.1 Å². The molecule has 4 nitrogen and oxygen atoms in total. The monoisotopic (exact) mass is 314 g/mol. The largest absolute Gasteiger partial charge is 0.317 e. The van der Waals surface area contributed by atoms with E-state index >= 15 is 0 Å². The van der Waals surface area contributed by atoms with Crippen LogP contribution in [-0.4, -0.2) is 52.4 Å². The molecule has 0 rings (SSSR count). The first-order chi connectivity index (χ1) is 10.9. The topological polar surface area (TPSA) is 48.1 Å². The van der Waals surface area contributed by atoms with Gasteiger partial charge in [0.2, 0.25) is 0 Å². The minimum absolute atomic E-state index is 1.09. The SMILES string of the molecule is CCCCNCCCCNCCCCNCCCCNCC. The molecule has 0 radical (unpaired) electrons. The Morgan fingerprint density at radius 3 is 1.05 bits per heavy atom. The molecule has 0 bridgehead atoms. The highest BCUT2D eigenvalue weighted by Gasteiger charge is 1.92. The summed E-state index contributed by atoms with van der Waals surface area (Å²) in [4.78, 5) is 0. The molecule has 0 aromatic heterocycles. The third-order valence-corrected chi connectivity index (χ3v) is 3.83. The van der Waals surface area contributed by atoms with Gasteiger partial charge >= 0.3 is 0 Å². The van der Waals surface area contributed by atoms with E-state index in [4.69, 9.17) is 0 Å². The molecule has 0 aliphatic carbocycles. The van der Waals surface area contributed by atoms with Gasteiger partial charge in [-0.15, -0.1) is 0 Å². The summed E-state index contributed by atoms with van der Waals surface area (Å²) in [6, 6.07) is 0. The Morgan fingerprint density at radius 2 is 0.727 bits per heavy atom. The van der Waals surface area contributed by atoms with Crippen molar-refractivity contribution in [2.24, 2.45) is 0 Å². The minimum Gasteiger partial charge on any atom is -0.317 e. The van der Waals surface area contributed by atoms with Gasteiger partial charge in [0.25, 0.3) is 0 Å². The molecule has 0 saturated carbocycles. The molecule has 0 atom stereocenters. The lowest BCUT2D eigenvalue weighted by Gasteiger charge is -2.07. The molecule has 0 aliphatic rings. The normalized spacial score (nSPS) is 11.2. The van der Waals surface area contributed by atoms with Crippen LogP contribution in [0.15, 0.2) is 0 Å². The first kappa shape index (κ1) is 21.8. The average Bonchev–Trinajstić information content (AvgIpc) is 2.54. The van der Waals surface area contributed by atoms with E-state index < -0.39 is 0 Å². The Morgan fingerprint density at radius 1 is 0.409 bits per heavy atom. The number of nitrogens with one attached hydrogen (secondary N) is 4. The van der Waals surface area contributed by atoms with Crippen LogP contribution in [0.25, 0.3) is 0 Å². The molecular formula is C18H42N4. The quantitative estimate of drug-likeness (QED) is 0.277. The highest BCUT2D eigenvalue weighted by molar-refractivity contribution is 4.55. The molecule has 4 heteroatoms. The van der Waals surface area contributed by atoms with Gasteiger partial charge in [0.1, 0.15) is 0 Å². The zero-order valence-electron chi connectivity index (χ0n) is 15.3. The molecule has 0 unspecified atom stereocenters. The van der Waals surface area contributed by atoms with Crippen LogP contribution in [0.1, 0.15) is 65.2 Å². The number of hydrogen-bond donors (Lipinski definition) is 4. The molecule has 0 amide bonds. The van der Waals surface area contributed by atoms with Crippen LogP contribution in [0.5, 0.6) is 0 Å². The molecule has 0 fully saturated rings. The molecule has 134 valence electrons. The second kappa shape index (κ2) is 20.8. The lowest BCUT2D eigenvalue weighted by atomic mass is 10.2. The maximum atomic E-state index is 3.55. The third-order valence-electron chi connectivity index (χ3n) is 3.83. The highest BCUT2D eigenvalue weighted by atomic mass is 14.9. The third kappa shape index (κ3) is 19.8. The summed E-state index contributed by atoms with van der Waals surface area (Å²) in [5, 5.41) is 13.9. The van der Waals surface area contributed by atoms with Gasteiger partial charge in [-0.25, -0.2) is 0 Å². The van der Waals surface area contributed by atoms with Crippen LogP contribution in [0.3, 0.4) is 0 Å². The smallest absolute Gasteiger partial charge is 0.00484 e. The van der Waals surface area contributed by atoms with Crippen molar-refractivity contribution < 1.29 is 0 Å². The average molecular weight is 315 g/mol. The summed E-state index contributed by atoms with van der Waals surface area (Å²) in [6.07, 6.45) is 10.3. The van der Waals surface area contributed by atoms with Crippen LogP contribution in [0.2, 0.25) is 0 Å². The fraction of sp³-hybridized carbons (Fsp3) is 1.00. The number of unbranched alkanes of at least 4 members (excludes halogenated alkanes) is 4. The van der Waals surface area contributed by atoms with Gasteiger partial charge in [-0.2, -0.15) is 0 Å². The fourth-order valence-corrected chi connectivity index (χ4v) is 2.35. The molecule has 0 aromatic carbocycles. The van der Waals surface area contributed by atoms with Crippen molar-refractivity contribution in [2.45, 2.75) is 65.2 Å². The summed E-state index contributed by atoms with van der Waals surface area (Å²) in [6.45, 7) is 13.7. The van der Waals surface area contributed by atoms with Crippen molar-refractivity contribution in [3.05, 3.63) is 0 Å². The molecule has 0 aromatic rings. The fourth-order valence-electron chi connectivity index (χ4n) is 2.35. The lowest BCUT2D eigenvalue weighted by Crippen LogP contribution is -2.22. The van der Waals surface area contributed by atoms with E-state index in [1.165, 1.54) is 90.6 Å². The molecule has 0 heterocycles. The maximum absolute atomic E-state index is 3.55. The Balaban J connectivity index is 2.91. The van der Waals surface area contributed by atoms with Gasteiger partial charge < -0.3 is 21.3 Å². The zero-order valence-corrected chi connectivity index (χ0v) is 15.3. The van der Waals surface area contributed by atoms with Crippen LogP contribution < -0.4 is 21.3 Å². The summed E-state index contributed by atoms with van der Waals surface area (Å²) >= 11 is 0. The van der Waals surface area contributed by atoms with Crippen LogP contribution in [0, 0.1) is 0 Å². The van der Waals surface area contributed by atoms with E-state index in [-0.39, 0.29) is 0 Å². The Kier molecular flexibility index (Phi) is 20.7. The van der Waals surface area contributed by atoms with E-state index in [0.29, 0.717) is 0 Å². The summed E-state index contributed by atoms with van der Waals surface area (Å²) < 4.78 is 0. The lowest BCUT2D eigenvalue weighted by molar-refractivity contribution is 0.541. The van der Waals surface area contributed by atoms with Gasteiger partial charge in [0.15, 0.2) is 0 Å². The predicted molar refractivity (Wildman–Crippen MR) is 99.8 cm³/mol. The van der Waals surface area contributed by atoms with Crippen molar-refractivity contribution in [3.8, 4) is 0 Å². The highest BCUT2D eigenvalue weighted by Crippen LogP contribution is 1.90. The summed E-state index contributed by atoms with van der Waals surface area (Å²) in [5.41, 5.74) is 0. The van der Waals surface area contributed by atoms with Gasteiger partial charge in [-0.05, 0) is 97.3 Å². The van der Waals surface area contributed by atoms with E-state index in [9.17, 15) is 0 Å². The van der Waals surface area contributed by atoms with E-state index in [1.807, 2.05) is 0 Å². The minimum atomic E-state index is 1.09. The first-order valence-electron chi connectivity index (χ1n) is 9.74. The van der Waals surface area contributed by atoms with Crippen LogP contribution in [-0.2, 0) is 0 Å². The second-order valence-electron chi connectivity index (χ2n) is 6.08. The zero-order chi connectivity index (χ0) is 16.1. The first-order valence-corrected chi connectivity index (χ1v) is 9.74. The Bertz CT molecular complexity index is 168. The van der Waals surface area contributed by atoms with Crippen molar-refractivity contribution in [2.75, 3.05) is 52.4 Å². The van der Waals surface area contributed by atoms with E-state index in [1.54, 1.807) is 0 Å². The number of hydrogen-bond acceptors (Lipinski definition) is 4. The predicted octanol–water partition coefficient (Wildman–Crippen LogP) is 2.51. The van der Waals surface area contributed by atoms with Crippen molar-refractivity contribution >= 4 is 0 Å².